The second-order valence-corrected chi connectivity index (χ2v) is 11.1. The smallest absolute Gasteiger partial charge is 0.348 e. The number of esters is 1. The number of fused-ring (bicyclic) bond motifs is 1. The number of hydrogen-bond donors (Lipinski definition) is 1. The number of thiophene rings is 1. The molecule has 1 amide bonds. The molecule has 10 heteroatoms. The van der Waals surface area contributed by atoms with Crippen molar-refractivity contribution in [1.82, 2.24) is 4.31 Å². The van der Waals surface area contributed by atoms with E-state index in [1.54, 1.807) is 0 Å². The lowest BCUT2D eigenvalue weighted by molar-refractivity contribution is -0.119. The molecule has 0 radical (unpaired) electrons. The van der Waals surface area contributed by atoms with Crippen LogP contribution in [0.15, 0.2) is 35.2 Å². The molecule has 0 saturated carbocycles. The lowest BCUT2D eigenvalue weighted by Crippen LogP contribution is -2.40. The van der Waals surface area contributed by atoms with Gasteiger partial charge in [-0.05, 0) is 61.1 Å². The summed E-state index contributed by atoms with van der Waals surface area (Å²) in [5.41, 5.74) is 1.63. The van der Waals surface area contributed by atoms with Crippen molar-refractivity contribution in [2.75, 3.05) is 38.2 Å². The van der Waals surface area contributed by atoms with Crippen LogP contribution < -0.4 is 5.32 Å². The molecule has 2 aromatic rings. The maximum atomic E-state index is 12.7. The minimum Gasteiger partial charge on any atom is -0.451 e. The third-order valence-corrected chi connectivity index (χ3v) is 8.74. The molecule has 1 unspecified atom stereocenters. The zero-order valence-corrected chi connectivity index (χ0v) is 19.5. The van der Waals surface area contributed by atoms with Crippen molar-refractivity contribution in [2.45, 2.75) is 31.1 Å². The van der Waals surface area contributed by atoms with Gasteiger partial charge >= 0.3 is 5.97 Å². The molecule has 32 heavy (non-hydrogen) atoms. The number of aryl methyl sites for hydroxylation is 1. The molecule has 0 bridgehead atoms. The van der Waals surface area contributed by atoms with Crippen LogP contribution in [0.3, 0.4) is 0 Å². The summed E-state index contributed by atoms with van der Waals surface area (Å²) < 4.78 is 37.0. The fourth-order valence-electron chi connectivity index (χ4n) is 3.85. The molecule has 4 rings (SSSR count). The maximum absolute atomic E-state index is 12.7. The van der Waals surface area contributed by atoms with Crippen molar-refractivity contribution in [1.29, 1.82) is 0 Å². The van der Waals surface area contributed by atoms with Gasteiger partial charge < -0.3 is 14.8 Å². The number of nitrogens with one attached hydrogen (secondary N) is 1. The van der Waals surface area contributed by atoms with Crippen LogP contribution in [-0.4, -0.2) is 57.5 Å². The number of benzene rings is 1. The Hall–Kier alpha value is -2.27. The third-order valence-electron chi connectivity index (χ3n) is 5.61. The highest BCUT2D eigenvalue weighted by Gasteiger charge is 2.26. The number of ether oxygens (including phenoxy) is 2. The van der Waals surface area contributed by atoms with Gasteiger partial charge in [0.05, 0.1) is 18.1 Å². The van der Waals surface area contributed by atoms with Crippen molar-refractivity contribution in [2.24, 2.45) is 5.92 Å². The van der Waals surface area contributed by atoms with E-state index in [2.05, 4.69) is 12.2 Å². The highest BCUT2D eigenvalue weighted by molar-refractivity contribution is 7.89. The van der Waals surface area contributed by atoms with Crippen LogP contribution in [0.25, 0.3) is 0 Å². The second-order valence-electron chi connectivity index (χ2n) is 8.07. The van der Waals surface area contributed by atoms with Gasteiger partial charge in [0.1, 0.15) is 4.88 Å². The molecule has 0 spiro atoms. The van der Waals surface area contributed by atoms with Gasteiger partial charge in [0.25, 0.3) is 5.91 Å². The Morgan fingerprint density at radius 3 is 2.66 bits per heavy atom. The molecule has 1 saturated heterocycles. The number of anilines is 1. The molecule has 1 atom stereocenters. The first-order valence-electron chi connectivity index (χ1n) is 10.6. The van der Waals surface area contributed by atoms with E-state index in [1.807, 2.05) is 6.07 Å². The lowest BCUT2D eigenvalue weighted by atomic mass is 9.90. The molecule has 2 heterocycles. The minimum absolute atomic E-state index is 0.153. The van der Waals surface area contributed by atoms with Gasteiger partial charge in [0.15, 0.2) is 6.61 Å². The van der Waals surface area contributed by atoms with E-state index in [4.69, 9.17) is 9.47 Å². The SMILES string of the molecule is CC1CCc2sc(C(=O)OCC(=O)Nc3ccc(S(=O)(=O)N4CCOCC4)cc3)cc2C1. The number of morpholine rings is 1. The molecule has 8 nitrogen and oxygen atoms in total. The Bertz CT molecular complexity index is 1090. The summed E-state index contributed by atoms with van der Waals surface area (Å²) in [5.74, 6) is -0.377. The van der Waals surface area contributed by atoms with Crippen LogP contribution in [0.2, 0.25) is 0 Å². The molecular weight excluding hydrogens is 452 g/mol. The fraction of sp³-hybridized carbons (Fsp3) is 0.455. The number of nitrogens with zero attached hydrogens (tertiary/aromatic N) is 1. The number of rotatable bonds is 6. The zero-order chi connectivity index (χ0) is 22.7. The Kier molecular flexibility index (Phi) is 6.94. The number of hydrogen-bond acceptors (Lipinski definition) is 7. The van der Waals surface area contributed by atoms with Crippen LogP contribution in [-0.2, 0) is 37.1 Å². The summed E-state index contributed by atoms with van der Waals surface area (Å²) >= 11 is 1.44. The highest BCUT2D eigenvalue weighted by Crippen LogP contribution is 2.32. The first kappa shape index (κ1) is 22.9. The van der Waals surface area contributed by atoms with E-state index >= 15 is 0 Å². The molecule has 1 fully saturated rings. The van der Waals surface area contributed by atoms with Crippen LogP contribution in [0.1, 0.15) is 33.5 Å². The molecule has 172 valence electrons. The molecule has 1 aromatic heterocycles. The van der Waals surface area contributed by atoms with Crippen molar-refractivity contribution in [3.63, 3.8) is 0 Å². The number of amides is 1. The molecule has 2 aliphatic rings. The average Bonchev–Trinajstić information content (AvgIpc) is 3.22. The minimum atomic E-state index is -3.59. The normalized spacial score (nSPS) is 19.2. The van der Waals surface area contributed by atoms with E-state index in [0.717, 1.165) is 19.3 Å². The third kappa shape index (κ3) is 5.20. The van der Waals surface area contributed by atoms with Gasteiger partial charge in [-0.15, -0.1) is 11.3 Å². The summed E-state index contributed by atoms with van der Waals surface area (Å²) in [4.78, 5) is 26.4. The maximum Gasteiger partial charge on any atom is 0.348 e. The van der Waals surface area contributed by atoms with Gasteiger partial charge in [-0.3, -0.25) is 4.79 Å². The van der Waals surface area contributed by atoms with Gasteiger partial charge in [-0.25, -0.2) is 13.2 Å². The fourth-order valence-corrected chi connectivity index (χ4v) is 6.36. The summed E-state index contributed by atoms with van der Waals surface area (Å²) in [6, 6.07) is 7.81. The van der Waals surface area contributed by atoms with Crippen LogP contribution in [0, 0.1) is 5.92 Å². The number of carbonyl (C=O) groups is 2. The van der Waals surface area contributed by atoms with Crippen LogP contribution in [0.5, 0.6) is 0 Å². The summed E-state index contributed by atoms with van der Waals surface area (Å²) in [7, 11) is -3.59. The summed E-state index contributed by atoms with van der Waals surface area (Å²) in [6.45, 7) is 3.18. The van der Waals surface area contributed by atoms with Crippen molar-refractivity contribution in [3.05, 3.63) is 45.6 Å². The molecular formula is C22H26N2O6S2. The Morgan fingerprint density at radius 2 is 1.94 bits per heavy atom. The van der Waals surface area contributed by atoms with Gasteiger partial charge in [0.2, 0.25) is 10.0 Å². The Labute approximate surface area is 191 Å². The predicted molar refractivity (Wildman–Crippen MR) is 120 cm³/mol. The molecule has 1 aliphatic carbocycles. The standard InChI is InChI=1S/C22H26N2O6S2/c1-15-2-7-19-16(12-15)13-20(31-19)22(26)30-14-21(25)23-17-3-5-18(6-4-17)32(27,28)24-8-10-29-11-9-24/h3-6,13,15H,2,7-12,14H2,1H3,(H,23,25). The quantitative estimate of drug-likeness (QED) is 0.641. The zero-order valence-electron chi connectivity index (χ0n) is 17.8. The largest absolute Gasteiger partial charge is 0.451 e. The van der Waals surface area contributed by atoms with E-state index in [-0.39, 0.29) is 4.90 Å². The Balaban J connectivity index is 1.30. The number of sulfonamides is 1. The van der Waals surface area contributed by atoms with E-state index < -0.39 is 28.5 Å². The molecule has 1 N–H and O–H groups in total. The highest BCUT2D eigenvalue weighted by atomic mass is 32.2. The van der Waals surface area contributed by atoms with E-state index in [0.29, 0.717) is 42.8 Å². The van der Waals surface area contributed by atoms with Crippen molar-refractivity contribution < 1.29 is 27.5 Å². The van der Waals surface area contributed by atoms with E-state index in [1.165, 1.54) is 50.3 Å². The average molecular weight is 479 g/mol. The molecule has 1 aromatic carbocycles. The molecule has 1 aliphatic heterocycles. The van der Waals surface area contributed by atoms with Gasteiger partial charge in [-0.2, -0.15) is 4.31 Å². The first-order valence-corrected chi connectivity index (χ1v) is 12.8. The predicted octanol–water partition coefficient (Wildman–Crippen LogP) is 2.69. The Morgan fingerprint density at radius 1 is 1.22 bits per heavy atom. The topological polar surface area (TPSA) is 102 Å². The summed E-state index contributed by atoms with van der Waals surface area (Å²) in [6.07, 6.45) is 3.07. The van der Waals surface area contributed by atoms with E-state index in [9.17, 15) is 18.0 Å². The van der Waals surface area contributed by atoms with Crippen molar-refractivity contribution in [3.8, 4) is 0 Å². The first-order chi connectivity index (χ1) is 15.3. The number of carbonyl (C=O) groups excluding carboxylic acids is 2. The summed E-state index contributed by atoms with van der Waals surface area (Å²) in [5, 5.41) is 2.62. The van der Waals surface area contributed by atoms with Crippen LogP contribution in [0.4, 0.5) is 5.69 Å². The van der Waals surface area contributed by atoms with Crippen molar-refractivity contribution >= 4 is 38.9 Å². The van der Waals surface area contributed by atoms with Crippen LogP contribution >= 0.6 is 11.3 Å². The lowest BCUT2D eigenvalue weighted by Gasteiger charge is -2.26. The second kappa shape index (κ2) is 9.70. The monoisotopic (exact) mass is 478 g/mol. The van der Waals surface area contributed by atoms with Gasteiger partial charge in [0, 0.05) is 23.7 Å². The van der Waals surface area contributed by atoms with Gasteiger partial charge in [-0.1, -0.05) is 6.92 Å².